The monoisotopic (exact) mass is 433 g/mol. The highest BCUT2D eigenvalue weighted by Gasteiger charge is 2.33. The lowest BCUT2D eigenvalue weighted by atomic mass is 9.87. The van der Waals surface area contributed by atoms with E-state index in [-0.39, 0.29) is 11.4 Å². The van der Waals surface area contributed by atoms with Gasteiger partial charge in [0, 0.05) is 29.5 Å². The summed E-state index contributed by atoms with van der Waals surface area (Å²) in [5, 5.41) is 1.08. The van der Waals surface area contributed by atoms with E-state index in [1.165, 1.54) is 5.56 Å². The fraction of sp³-hybridized carbons (Fsp3) is 0.444. The van der Waals surface area contributed by atoms with Crippen LogP contribution < -0.4 is 4.74 Å². The Kier molecular flexibility index (Phi) is 6.56. The molecule has 1 aromatic heterocycles. The molecule has 1 aliphatic heterocycles. The number of piperidine rings is 1. The Morgan fingerprint density at radius 2 is 1.81 bits per heavy atom. The molecular formula is C27H35N3O2. The van der Waals surface area contributed by atoms with Crippen LogP contribution in [0, 0.1) is 5.92 Å². The minimum absolute atomic E-state index is 0.0259. The summed E-state index contributed by atoms with van der Waals surface area (Å²) in [6.07, 6.45) is 2.21. The number of nitrogens with zero attached hydrogens (tertiary/aromatic N) is 2. The van der Waals surface area contributed by atoms with Crippen LogP contribution in [-0.4, -0.2) is 54.0 Å². The number of rotatable bonds is 7. The molecule has 1 fully saturated rings. The number of fused-ring (bicyclic) bond motifs is 1. The van der Waals surface area contributed by atoms with Crippen molar-refractivity contribution in [3.63, 3.8) is 0 Å². The molecule has 0 unspecified atom stereocenters. The molecule has 1 saturated heterocycles. The molecule has 1 aliphatic rings. The molecule has 0 bridgehead atoms. The van der Waals surface area contributed by atoms with Gasteiger partial charge in [-0.2, -0.15) is 0 Å². The smallest absolute Gasteiger partial charge is 0.270 e. The molecule has 4 rings (SSSR count). The van der Waals surface area contributed by atoms with Crippen molar-refractivity contribution < 1.29 is 9.53 Å². The Bertz CT molecular complexity index is 1010. The van der Waals surface area contributed by atoms with E-state index in [0.717, 1.165) is 55.7 Å². The van der Waals surface area contributed by atoms with Crippen molar-refractivity contribution in [1.29, 1.82) is 0 Å². The zero-order valence-electron chi connectivity index (χ0n) is 19.7. The maximum absolute atomic E-state index is 13.2. The molecule has 0 aliphatic carbocycles. The SMILES string of the molecule is CCN(CC1CCN(C(C)(C)c2ccc(OC)cc2)CC1)C(=O)c1cc2ccccc2[nH]1. The van der Waals surface area contributed by atoms with E-state index < -0.39 is 0 Å². The average molecular weight is 434 g/mol. The lowest BCUT2D eigenvalue weighted by Gasteiger charge is -2.44. The summed E-state index contributed by atoms with van der Waals surface area (Å²) in [6.45, 7) is 10.3. The summed E-state index contributed by atoms with van der Waals surface area (Å²) in [5.74, 6) is 1.53. The van der Waals surface area contributed by atoms with Crippen molar-refractivity contribution in [2.24, 2.45) is 5.92 Å². The van der Waals surface area contributed by atoms with Crippen LogP contribution in [0.4, 0.5) is 0 Å². The van der Waals surface area contributed by atoms with Crippen LogP contribution in [0.2, 0.25) is 0 Å². The molecule has 1 N–H and O–H groups in total. The first-order valence-electron chi connectivity index (χ1n) is 11.7. The summed E-state index contributed by atoms with van der Waals surface area (Å²) in [5.41, 5.74) is 2.98. The minimum Gasteiger partial charge on any atom is -0.497 e. The molecule has 0 radical (unpaired) electrons. The van der Waals surface area contributed by atoms with Crippen molar-refractivity contribution >= 4 is 16.8 Å². The fourth-order valence-electron chi connectivity index (χ4n) is 4.88. The molecule has 0 saturated carbocycles. The standard InChI is InChI=1S/C27H35N3O2/c1-5-29(26(31)25-18-21-8-6-7-9-24(21)28-25)19-20-14-16-30(17-15-20)27(2,3)22-10-12-23(32-4)13-11-22/h6-13,18,20,28H,5,14-17,19H2,1-4H3. The number of hydrogen-bond donors (Lipinski definition) is 1. The van der Waals surface area contributed by atoms with Gasteiger partial charge in [0.2, 0.25) is 0 Å². The highest BCUT2D eigenvalue weighted by Crippen LogP contribution is 2.33. The van der Waals surface area contributed by atoms with E-state index in [1.807, 2.05) is 47.4 Å². The van der Waals surface area contributed by atoms with E-state index in [9.17, 15) is 4.79 Å². The van der Waals surface area contributed by atoms with Gasteiger partial charge in [-0.25, -0.2) is 0 Å². The number of aromatic amines is 1. The first-order chi connectivity index (χ1) is 15.4. The Balaban J connectivity index is 1.37. The van der Waals surface area contributed by atoms with E-state index in [0.29, 0.717) is 11.6 Å². The predicted molar refractivity (Wildman–Crippen MR) is 130 cm³/mol. The van der Waals surface area contributed by atoms with Crippen molar-refractivity contribution in [3.05, 3.63) is 65.9 Å². The zero-order valence-corrected chi connectivity index (χ0v) is 19.7. The second-order valence-corrected chi connectivity index (χ2v) is 9.33. The third-order valence-corrected chi connectivity index (χ3v) is 7.11. The van der Waals surface area contributed by atoms with E-state index in [2.05, 4.69) is 42.8 Å². The second-order valence-electron chi connectivity index (χ2n) is 9.33. The highest BCUT2D eigenvalue weighted by atomic mass is 16.5. The summed E-state index contributed by atoms with van der Waals surface area (Å²) in [7, 11) is 1.70. The van der Waals surface area contributed by atoms with Gasteiger partial charge in [-0.3, -0.25) is 9.69 Å². The number of methoxy groups -OCH3 is 1. The maximum atomic E-state index is 13.2. The molecule has 0 spiro atoms. The molecule has 5 heteroatoms. The molecule has 3 aromatic rings. The summed E-state index contributed by atoms with van der Waals surface area (Å²) >= 11 is 0. The van der Waals surface area contributed by atoms with Gasteiger partial charge in [0.25, 0.3) is 5.91 Å². The molecule has 1 amide bonds. The van der Waals surface area contributed by atoms with Gasteiger partial charge in [-0.05, 0) is 82.4 Å². The predicted octanol–water partition coefficient (Wildman–Crippen LogP) is 5.29. The van der Waals surface area contributed by atoms with Gasteiger partial charge in [-0.15, -0.1) is 0 Å². The lowest BCUT2D eigenvalue weighted by Crippen LogP contribution is -2.48. The highest BCUT2D eigenvalue weighted by molar-refractivity contribution is 5.98. The fourth-order valence-corrected chi connectivity index (χ4v) is 4.88. The van der Waals surface area contributed by atoms with Crippen LogP contribution in [-0.2, 0) is 5.54 Å². The number of amides is 1. The van der Waals surface area contributed by atoms with Crippen molar-refractivity contribution in [2.75, 3.05) is 33.3 Å². The van der Waals surface area contributed by atoms with E-state index >= 15 is 0 Å². The number of ether oxygens (including phenoxy) is 1. The third kappa shape index (κ3) is 4.53. The van der Waals surface area contributed by atoms with Crippen molar-refractivity contribution in [3.8, 4) is 5.75 Å². The first kappa shape index (κ1) is 22.4. The van der Waals surface area contributed by atoms with E-state index in [1.54, 1.807) is 7.11 Å². The zero-order chi connectivity index (χ0) is 22.7. The number of likely N-dealkylation sites (tertiary alicyclic amines) is 1. The molecule has 170 valence electrons. The quantitative estimate of drug-likeness (QED) is 0.551. The van der Waals surface area contributed by atoms with E-state index in [4.69, 9.17) is 4.74 Å². The minimum atomic E-state index is -0.0259. The normalized spacial score (nSPS) is 15.8. The van der Waals surface area contributed by atoms with Gasteiger partial charge in [-0.1, -0.05) is 30.3 Å². The van der Waals surface area contributed by atoms with Crippen LogP contribution in [0.25, 0.3) is 10.9 Å². The van der Waals surface area contributed by atoms with Gasteiger partial charge < -0.3 is 14.6 Å². The van der Waals surface area contributed by atoms with Crippen LogP contribution in [0.15, 0.2) is 54.6 Å². The molecule has 32 heavy (non-hydrogen) atoms. The lowest BCUT2D eigenvalue weighted by molar-refractivity contribution is 0.0536. The van der Waals surface area contributed by atoms with Crippen molar-refractivity contribution in [1.82, 2.24) is 14.8 Å². The van der Waals surface area contributed by atoms with Gasteiger partial charge in [0.05, 0.1) is 7.11 Å². The number of carbonyl (C=O) groups excluding carboxylic acids is 1. The Morgan fingerprint density at radius 3 is 2.44 bits per heavy atom. The third-order valence-electron chi connectivity index (χ3n) is 7.11. The largest absolute Gasteiger partial charge is 0.497 e. The van der Waals surface area contributed by atoms with Crippen molar-refractivity contribution in [2.45, 2.75) is 39.2 Å². The van der Waals surface area contributed by atoms with Crippen LogP contribution in [0.1, 0.15) is 49.7 Å². The maximum Gasteiger partial charge on any atom is 0.270 e. The van der Waals surface area contributed by atoms with Crippen LogP contribution >= 0.6 is 0 Å². The second kappa shape index (κ2) is 9.37. The molecular weight excluding hydrogens is 398 g/mol. The number of carbonyl (C=O) groups is 1. The average Bonchev–Trinajstić information content (AvgIpc) is 3.27. The molecule has 5 nitrogen and oxygen atoms in total. The summed E-state index contributed by atoms with van der Waals surface area (Å²) in [6, 6.07) is 18.4. The van der Waals surface area contributed by atoms with Crippen LogP contribution in [0.5, 0.6) is 5.75 Å². The topological polar surface area (TPSA) is 48.6 Å². The first-order valence-corrected chi connectivity index (χ1v) is 11.7. The molecule has 2 aromatic carbocycles. The Morgan fingerprint density at radius 1 is 1.12 bits per heavy atom. The number of nitrogens with one attached hydrogen (secondary N) is 1. The summed E-state index contributed by atoms with van der Waals surface area (Å²) < 4.78 is 5.31. The number of para-hydroxylation sites is 1. The van der Waals surface area contributed by atoms with Crippen LogP contribution in [0.3, 0.4) is 0 Å². The van der Waals surface area contributed by atoms with Gasteiger partial charge >= 0.3 is 0 Å². The molecule has 0 atom stereocenters. The van der Waals surface area contributed by atoms with Gasteiger partial charge in [0.15, 0.2) is 0 Å². The Labute approximate surface area is 191 Å². The number of aromatic nitrogens is 1. The van der Waals surface area contributed by atoms with Gasteiger partial charge in [0.1, 0.15) is 11.4 Å². The molecule has 2 heterocycles. The Hall–Kier alpha value is -2.79. The number of H-pyrrole nitrogens is 1. The number of benzene rings is 2. The summed E-state index contributed by atoms with van der Waals surface area (Å²) in [4.78, 5) is 21.0. The number of hydrogen-bond acceptors (Lipinski definition) is 3.